The van der Waals surface area contributed by atoms with Gasteiger partial charge in [-0.25, -0.2) is 14.6 Å². The highest BCUT2D eigenvalue weighted by molar-refractivity contribution is 6.08. The molecule has 0 bridgehead atoms. The van der Waals surface area contributed by atoms with Crippen LogP contribution >= 0.6 is 0 Å². The normalized spacial score (nSPS) is 11.3. The standard InChI is InChI=1S/C25H27N3.2C25H25NO.C24H25N3/c1-14-12-22(21-11-9-8-10-20(21)15(14)2)24-18(5)16(3)17(4)19(6)25(24)23-13-28(7)27-26-23;1-14-11-22(21-10-8-7-9-20(21)15(14)2)24-18(5)16(3)17(4)19(6)25(24)23-12-27-13-26-23;1-14-13-22(21-10-8-7-9-20(21)15(14)2)23-18(5)16(3)17(4)19(6)24(23)25-26-11-12-27-25;1-14-13-22(21-10-8-7-9-20(21)15(14)2)23-18(5)16(3)17(4)19(6)24(23)27-12-11-25-26-27/h8-13H,1-7H3;3*7-13H,1-6H3. The summed E-state index contributed by atoms with van der Waals surface area (Å²) in [4.78, 5) is 9.00. The van der Waals surface area contributed by atoms with Gasteiger partial charge in [-0.2, -0.15) is 0 Å². The summed E-state index contributed by atoms with van der Waals surface area (Å²) in [5.74, 6) is 0.691. The van der Waals surface area contributed by atoms with Gasteiger partial charge in [0.15, 0.2) is 6.39 Å². The van der Waals surface area contributed by atoms with Gasteiger partial charge in [0.2, 0.25) is 5.89 Å². The minimum atomic E-state index is 0.691. The second-order valence-corrected chi connectivity index (χ2v) is 30.5. The monoisotopic (exact) mass is 1430 g/mol. The lowest BCUT2D eigenvalue weighted by Crippen LogP contribution is -2.07. The third kappa shape index (κ3) is 13.3. The van der Waals surface area contributed by atoms with Crippen molar-refractivity contribution in [3.8, 4) is 84.2 Å². The Kier molecular flexibility index (Phi) is 21.0. The van der Waals surface area contributed by atoms with E-state index in [0.717, 1.165) is 22.6 Å². The van der Waals surface area contributed by atoms with Crippen molar-refractivity contribution in [2.45, 2.75) is 166 Å². The lowest BCUT2D eigenvalue weighted by atomic mass is 9.82. The summed E-state index contributed by atoms with van der Waals surface area (Å²) >= 11 is 0. The second kappa shape index (κ2) is 30.2. The molecular weight excluding hydrogens is 1330 g/mol. The lowest BCUT2D eigenvalue weighted by molar-refractivity contribution is 0.558. The second-order valence-electron chi connectivity index (χ2n) is 30.5. The molecule has 16 rings (SSSR count). The first-order chi connectivity index (χ1) is 52.0. The predicted molar refractivity (Wildman–Crippen MR) is 457 cm³/mol. The van der Waals surface area contributed by atoms with E-state index in [1.807, 2.05) is 24.1 Å². The Hall–Kier alpha value is -11.6. The average Bonchev–Trinajstić information content (AvgIpc) is 1.61. The number of aromatic nitrogens is 8. The summed E-state index contributed by atoms with van der Waals surface area (Å²) < 4.78 is 14.8. The maximum Gasteiger partial charge on any atom is 0.226 e. The van der Waals surface area contributed by atoms with Crippen molar-refractivity contribution in [3.05, 3.63) is 299 Å². The Morgan fingerprint density at radius 3 is 0.963 bits per heavy atom. The molecule has 0 saturated carbocycles. The summed E-state index contributed by atoms with van der Waals surface area (Å²) in [7, 11) is 1.92. The molecule has 0 aliphatic carbocycles. The summed E-state index contributed by atoms with van der Waals surface area (Å²) in [6.45, 7) is 53.0. The fraction of sp³-hybridized carbons (Fsp3) is 0.253. The van der Waals surface area contributed by atoms with Crippen LogP contribution < -0.4 is 0 Å². The first kappa shape index (κ1) is 75.6. The van der Waals surface area contributed by atoms with Crippen LogP contribution in [0, 0.1) is 166 Å². The molecular formula is C99H102N8O2. The molecule has 550 valence electrons. The van der Waals surface area contributed by atoms with Gasteiger partial charge < -0.3 is 8.83 Å². The molecule has 4 aromatic heterocycles. The van der Waals surface area contributed by atoms with Crippen LogP contribution in [0.2, 0.25) is 0 Å². The zero-order valence-electron chi connectivity index (χ0n) is 68.5. The highest BCUT2D eigenvalue weighted by Crippen LogP contribution is 2.49. The fourth-order valence-corrected chi connectivity index (χ4v) is 16.7. The molecule has 0 N–H and O–H groups in total. The Labute approximate surface area is 644 Å². The van der Waals surface area contributed by atoms with E-state index in [9.17, 15) is 0 Å². The van der Waals surface area contributed by atoms with Gasteiger partial charge in [0.1, 0.15) is 23.9 Å². The van der Waals surface area contributed by atoms with E-state index in [4.69, 9.17) is 8.83 Å². The summed E-state index contributed by atoms with van der Waals surface area (Å²) in [6, 6.07) is 44.1. The first-order valence-electron chi connectivity index (χ1n) is 38.0. The fourth-order valence-electron chi connectivity index (χ4n) is 16.7. The number of rotatable bonds is 8. The Morgan fingerprint density at radius 1 is 0.303 bits per heavy atom. The molecule has 16 aromatic rings. The molecule has 0 aliphatic rings. The average molecular weight is 1440 g/mol. The van der Waals surface area contributed by atoms with Crippen LogP contribution in [0.4, 0.5) is 0 Å². The maximum atomic E-state index is 5.77. The molecule has 0 spiro atoms. The Bertz CT molecular complexity index is 5810. The number of fused-ring (bicyclic) bond motifs is 4. The van der Waals surface area contributed by atoms with Crippen molar-refractivity contribution < 1.29 is 8.83 Å². The smallest absolute Gasteiger partial charge is 0.226 e. The van der Waals surface area contributed by atoms with E-state index in [1.165, 1.54) is 239 Å². The predicted octanol–water partition coefficient (Wildman–Crippen LogP) is 26.1. The van der Waals surface area contributed by atoms with Crippen LogP contribution in [0.1, 0.15) is 134 Å². The third-order valence-electron chi connectivity index (χ3n) is 24.9. The highest BCUT2D eigenvalue weighted by atomic mass is 16.3. The van der Waals surface area contributed by atoms with Crippen LogP contribution in [-0.2, 0) is 7.05 Å². The largest absolute Gasteiger partial charge is 0.451 e. The zero-order chi connectivity index (χ0) is 78.0. The van der Waals surface area contributed by atoms with Crippen LogP contribution in [-0.4, -0.2) is 40.0 Å². The molecule has 0 fully saturated rings. The molecule has 0 radical (unpaired) electrons. The molecule has 0 aliphatic heterocycles. The Balaban J connectivity index is 0.000000128. The van der Waals surface area contributed by atoms with Crippen molar-refractivity contribution in [3.63, 3.8) is 0 Å². The van der Waals surface area contributed by atoms with Gasteiger partial charge in [0.25, 0.3) is 0 Å². The molecule has 4 heterocycles. The van der Waals surface area contributed by atoms with Crippen LogP contribution in [0.15, 0.2) is 174 Å². The Morgan fingerprint density at radius 2 is 0.633 bits per heavy atom. The maximum absolute atomic E-state index is 5.77. The SMILES string of the molecule is Cc1cc(-c2c(C)c(C)c(C)c(C)c2-c2cn(C)nn2)c2ccccc2c1C.Cc1cc(-c2c(C)c(C)c(C)c(C)c2-c2cocn2)c2ccccc2c1C.Cc1cc(-c2c(C)c(C)c(C)c(C)c2-c2ncco2)c2ccccc2c1C.Cc1cc(-c2c(C)c(C)c(C)c(C)c2-n2ccnn2)c2ccccc2c1C. The van der Waals surface area contributed by atoms with Gasteiger partial charge in [0.05, 0.1) is 30.5 Å². The third-order valence-corrected chi connectivity index (χ3v) is 24.9. The van der Waals surface area contributed by atoms with E-state index in [-0.39, 0.29) is 0 Å². The minimum absolute atomic E-state index is 0.691. The molecule has 109 heavy (non-hydrogen) atoms. The number of oxazole rings is 2. The van der Waals surface area contributed by atoms with Crippen molar-refractivity contribution in [1.29, 1.82) is 0 Å². The van der Waals surface area contributed by atoms with E-state index >= 15 is 0 Å². The summed E-state index contributed by atoms with van der Waals surface area (Å²) in [5.41, 5.74) is 48.0. The van der Waals surface area contributed by atoms with Crippen LogP contribution in [0.5, 0.6) is 0 Å². The van der Waals surface area contributed by atoms with Gasteiger partial charge in [0, 0.05) is 29.3 Å². The molecule has 0 amide bonds. The van der Waals surface area contributed by atoms with Crippen LogP contribution in [0.25, 0.3) is 127 Å². The van der Waals surface area contributed by atoms with Gasteiger partial charge in [-0.3, -0.25) is 4.68 Å². The van der Waals surface area contributed by atoms with Crippen molar-refractivity contribution in [2.24, 2.45) is 7.05 Å². The van der Waals surface area contributed by atoms with Crippen molar-refractivity contribution in [1.82, 2.24) is 40.0 Å². The van der Waals surface area contributed by atoms with Gasteiger partial charge in [-0.1, -0.05) is 132 Å². The number of benzene rings is 12. The summed E-state index contributed by atoms with van der Waals surface area (Å²) in [5, 5.41) is 27.5. The number of hydrogen-bond acceptors (Lipinski definition) is 8. The molecule has 12 aromatic carbocycles. The topological polar surface area (TPSA) is 113 Å². The first-order valence-corrected chi connectivity index (χ1v) is 38.0. The van der Waals surface area contributed by atoms with Gasteiger partial charge in [-0.05, 0) is 382 Å². The molecule has 10 nitrogen and oxygen atoms in total. The van der Waals surface area contributed by atoms with E-state index < -0.39 is 0 Å². The zero-order valence-corrected chi connectivity index (χ0v) is 68.5. The van der Waals surface area contributed by atoms with Gasteiger partial charge >= 0.3 is 0 Å². The van der Waals surface area contributed by atoms with E-state index in [2.05, 4.69) is 318 Å². The summed E-state index contributed by atoms with van der Waals surface area (Å²) in [6.07, 6.45) is 12.3. The molecule has 0 atom stereocenters. The number of nitrogens with zero attached hydrogens (tertiary/aromatic N) is 8. The van der Waals surface area contributed by atoms with Crippen molar-refractivity contribution in [2.75, 3.05) is 0 Å². The highest BCUT2D eigenvalue weighted by Gasteiger charge is 2.28. The molecule has 10 heteroatoms. The van der Waals surface area contributed by atoms with E-state index in [0.29, 0.717) is 5.89 Å². The number of aryl methyl sites for hydroxylation is 9. The quantitative estimate of drug-likeness (QED) is 0.148. The number of hydrogen-bond donors (Lipinski definition) is 0. The minimum Gasteiger partial charge on any atom is -0.451 e. The van der Waals surface area contributed by atoms with Crippen molar-refractivity contribution >= 4 is 43.1 Å². The van der Waals surface area contributed by atoms with E-state index in [1.54, 1.807) is 29.6 Å². The van der Waals surface area contributed by atoms with Crippen LogP contribution in [0.3, 0.4) is 0 Å². The molecule has 0 saturated heterocycles. The lowest BCUT2D eigenvalue weighted by Gasteiger charge is -2.22. The van der Waals surface area contributed by atoms with Gasteiger partial charge in [-0.15, -0.1) is 10.2 Å². The molecule has 0 unspecified atom stereocenters.